The van der Waals surface area contributed by atoms with Gasteiger partial charge < -0.3 is 20.1 Å². The molecule has 3 N–H and O–H groups in total. The van der Waals surface area contributed by atoms with E-state index in [9.17, 15) is 9.90 Å². The second-order valence-corrected chi connectivity index (χ2v) is 9.45. The topological polar surface area (TPSA) is 108 Å². The third-order valence-corrected chi connectivity index (χ3v) is 6.18. The predicted octanol–water partition coefficient (Wildman–Crippen LogP) is 3.68. The normalized spacial score (nSPS) is 14.4. The van der Waals surface area contributed by atoms with Crippen LogP contribution in [0.3, 0.4) is 0 Å². The number of nitrogens with zero attached hydrogens (tertiary/aromatic N) is 4. The number of aliphatic hydroxyl groups is 1. The zero-order chi connectivity index (χ0) is 24.4. The van der Waals surface area contributed by atoms with Gasteiger partial charge in [0.2, 0.25) is 0 Å². The molecule has 5 rings (SSSR count). The van der Waals surface area contributed by atoms with E-state index in [-0.39, 0.29) is 5.91 Å². The van der Waals surface area contributed by atoms with Crippen LogP contribution in [0.15, 0.2) is 54.9 Å². The standard InChI is InChI=1S/C26H30N6O3/c1-26(2,34)8-10-32-17-18-15-23(24(16-22(18)30-32)31-11-13-35-14-12-31)28-25(33)20-6-4-3-5-19(20)21-7-9-27-29-21/h3-7,9,15-17,34H,8,10-14H2,1-2H3,(H,27,29)(H,28,33). The molecule has 0 aliphatic carbocycles. The predicted molar refractivity (Wildman–Crippen MR) is 136 cm³/mol. The SMILES string of the molecule is CC(C)(O)CCn1cc2cc(NC(=O)c3ccccc3-c3ccn[nH]3)c(N3CCOCC3)cc2n1. The van der Waals surface area contributed by atoms with E-state index in [2.05, 4.69) is 20.4 Å². The first-order chi connectivity index (χ1) is 16.9. The van der Waals surface area contributed by atoms with Crippen LogP contribution in [0, 0.1) is 0 Å². The van der Waals surface area contributed by atoms with Crippen molar-refractivity contribution in [3.63, 3.8) is 0 Å². The first kappa shape index (κ1) is 23.1. The van der Waals surface area contributed by atoms with Gasteiger partial charge in [0, 0.05) is 48.5 Å². The van der Waals surface area contributed by atoms with Crippen LogP contribution >= 0.6 is 0 Å². The van der Waals surface area contributed by atoms with E-state index >= 15 is 0 Å². The van der Waals surface area contributed by atoms with E-state index < -0.39 is 5.60 Å². The molecule has 4 aromatic rings. The number of amides is 1. The molecule has 0 radical (unpaired) electrons. The Bertz CT molecular complexity index is 1320. The molecule has 1 fully saturated rings. The van der Waals surface area contributed by atoms with Crippen LogP contribution in [-0.4, -0.2) is 62.9 Å². The van der Waals surface area contributed by atoms with E-state index in [0.717, 1.165) is 46.6 Å². The molecule has 0 bridgehead atoms. The van der Waals surface area contributed by atoms with Gasteiger partial charge >= 0.3 is 0 Å². The summed E-state index contributed by atoms with van der Waals surface area (Å²) in [6.07, 6.45) is 4.22. The zero-order valence-corrected chi connectivity index (χ0v) is 20.0. The smallest absolute Gasteiger partial charge is 0.256 e. The first-order valence-corrected chi connectivity index (χ1v) is 11.8. The molecule has 1 amide bonds. The maximum absolute atomic E-state index is 13.5. The van der Waals surface area contributed by atoms with Gasteiger partial charge in [0.1, 0.15) is 0 Å². The van der Waals surface area contributed by atoms with Crippen LogP contribution < -0.4 is 10.2 Å². The van der Waals surface area contributed by atoms with Gasteiger partial charge in [0.05, 0.1) is 41.4 Å². The van der Waals surface area contributed by atoms with Crippen molar-refractivity contribution in [2.24, 2.45) is 0 Å². The molecular formula is C26H30N6O3. The van der Waals surface area contributed by atoms with Crippen molar-refractivity contribution < 1.29 is 14.6 Å². The second-order valence-electron chi connectivity index (χ2n) is 9.45. The molecule has 9 heteroatoms. The van der Waals surface area contributed by atoms with Gasteiger partial charge in [-0.25, -0.2) is 0 Å². The minimum absolute atomic E-state index is 0.196. The van der Waals surface area contributed by atoms with Crippen LogP contribution in [-0.2, 0) is 11.3 Å². The van der Waals surface area contributed by atoms with Crippen molar-refractivity contribution >= 4 is 28.2 Å². The minimum Gasteiger partial charge on any atom is -0.390 e. The maximum atomic E-state index is 13.5. The number of nitrogens with one attached hydrogen (secondary N) is 2. The monoisotopic (exact) mass is 474 g/mol. The van der Waals surface area contributed by atoms with E-state index in [0.29, 0.717) is 31.7 Å². The summed E-state index contributed by atoms with van der Waals surface area (Å²) in [6, 6.07) is 13.3. The van der Waals surface area contributed by atoms with Crippen molar-refractivity contribution in [1.82, 2.24) is 20.0 Å². The summed E-state index contributed by atoms with van der Waals surface area (Å²) in [6.45, 7) is 6.92. The molecule has 2 aromatic carbocycles. The minimum atomic E-state index is -0.766. The number of fused-ring (bicyclic) bond motifs is 1. The number of carbonyl (C=O) groups excluding carboxylic acids is 1. The molecule has 3 heterocycles. The number of hydrogen-bond acceptors (Lipinski definition) is 6. The van der Waals surface area contributed by atoms with E-state index in [4.69, 9.17) is 9.84 Å². The molecule has 1 aliphatic heterocycles. The molecule has 0 unspecified atom stereocenters. The summed E-state index contributed by atoms with van der Waals surface area (Å²) in [5.41, 5.74) is 3.86. The molecule has 182 valence electrons. The molecule has 1 aliphatic rings. The van der Waals surface area contributed by atoms with Crippen molar-refractivity contribution in [3.05, 3.63) is 60.4 Å². The molecular weight excluding hydrogens is 444 g/mol. The van der Waals surface area contributed by atoms with Crippen molar-refractivity contribution in [3.8, 4) is 11.3 Å². The van der Waals surface area contributed by atoms with E-state index in [1.54, 1.807) is 20.0 Å². The lowest BCUT2D eigenvalue weighted by Gasteiger charge is -2.30. The largest absolute Gasteiger partial charge is 0.390 e. The number of ether oxygens (including phenoxy) is 1. The number of hydrogen-bond donors (Lipinski definition) is 3. The summed E-state index contributed by atoms with van der Waals surface area (Å²) in [5.74, 6) is -0.196. The van der Waals surface area contributed by atoms with Gasteiger partial charge in [-0.1, -0.05) is 18.2 Å². The molecule has 0 saturated carbocycles. The lowest BCUT2D eigenvalue weighted by molar-refractivity contribution is 0.0651. The summed E-state index contributed by atoms with van der Waals surface area (Å²) in [5, 5.41) is 25.9. The summed E-state index contributed by atoms with van der Waals surface area (Å²) < 4.78 is 7.39. The van der Waals surface area contributed by atoms with Gasteiger partial charge in [-0.3, -0.25) is 14.6 Å². The molecule has 0 spiro atoms. The summed E-state index contributed by atoms with van der Waals surface area (Å²) >= 11 is 0. The lowest BCUT2D eigenvalue weighted by atomic mass is 10.0. The Labute approximate surface area is 203 Å². The van der Waals surface area contributed by atoms with Crippen molar-refractivity contribution in [2.75, 3.05) is 36.5 Å². The molecule has 2 aromatic heterocycles. The number of aromatic amines is 1. The number of anilines is 2. The van der Waals surface area contributed by atoms with Gasteiger partial charge in [-0.15, -0.1) is 0 Å². The van der Waals surface area contributed by atoms with Crippen LogP contribution in [0.4, 0.5) is 11.4 Å². The quantitative estimate of drug-likeness (QED) is 0.377. The molecule has 0 atom stereocenters. The fourth-order valence-electron chi connectivity index (χ4n) is 4.29. The average molecular weight is 475 g/mol. The number of morpholine rings is 1. The van der Waals surface area contributed by atoms with Crippen LogP contribution in [0.25, 0.3) is 22.2 Å². The highest BCUT2D eigenvalue weighted by atomic mass is 16.5. The van der Waals surface area contributed by atoms with E-state index in [1.165, 1.54) is 0 Å². The van der Waals surface area contributed by atoms with Crippen LogP contribution in [0.1, 0.15) is 30.6 Å². The van der Waals surface area contributed by atoms with Gasteiger partial charge in [0.15, 0.2) is 0 Å². The molecule has 1 saturated heterocycles. The lowest BCUT2D eigenvalue weighted by Crippen LogP contribution is -2.36. The number of carbonyl (C=O) groups is 1. The van der Waals surface area contributed by atoms with Gasteiger partial charge in [0.25, 0.3) is 5.91 Å². The number of rotatable bonds is 7. The molecule has 35 heavy (non-hydrogen) atoms. The Balaban J connectivity index is 1.50. The second kappa shape index (κ2) is 9.52. The number of benzene rings is 2. The Morgan fingerprint density at radius 2 is 2.00 bits per heavy atom. The Kier molecular flexibility index (Phi) is 6.27. The third-order valence-electron chi connectivity index (χ3n) is 6.18. The van der Waals surface area contributed by atoms with Gasteiger partial charge in [-0.05, 0) is 44.5 Å². The average Bonchev–Trinajstić information content (AvgIpc) is 3.52. The van der Waals surface area contributed by atoms with Crippen LogP contribution in [0.5, 0.6) is 0 Å². The number of aryl methyl sites for hydroxylation is 1. The molecule has 9 nitrogen and oxygen atoms in total. The fourth-order valence-corrected chi connectivity index (χ4v) is 4.29. The van der Waals surface area contributed by atoms with Gasteiger partial charge in [-0.2, -0.15) is 10.2 Å². The van der Waals surface area contributed by atoms with Crippen molar-refractivity contribution in [1.29, 1.82) is 0 Å². The van der Waals surface area contributed by atoms with Crippen molar-refractivity contribution in [2.45, 2.75) is 32.4 Å². The fraction of sp³-hybridized carbons (Fsp3) is 0.346. The Morgan fingerprint density at radius 3 is 2.74 bits per heavy atom. The Morgan fingerprint density at radius 1 is 1.20 bits per heavy atom. The highest BCUT2D eigenvalue weighted by Gasteiger charge is 2.21. The first-order valence-electron chi connectivity index (χ1n) is 11.8. The zero-order valence-electron chi connectivity index (χ0n) is 20.0. The van der Waals surface area contributed by atoms with E-state index in [1.807, 2.05) is 53.3 Å². The Hall–Kier alpha value is -3.69. The highest BCUT2D eigenvalue weighted by Crippen LogP contribution is 2.33. The third kappa shape index (κ3) is 5.21. The number of H-pyrrole nitrogens is 1. The maximum Gasteiger partial charge on any atom is 0.256 e. The van der Waals surface area contributed by atoms with Crippen LogP contribution in [0.2, 0.25) is 0 Å². The highest BCUT2D eigenvalue weighted by molar-refractivity contribution is 6.10. The number of aromatic nitrogens is 4. The summed E-state index contributed by atoms with van der Waals surface area (Å²) in [7, 11) is 0. The summed E-state index contributed by atoms with van der Waals surface area (Å²) in [4.78, 5) is 15.7.